The first-order valence-electron chi connectivity index (χ1n) is 8.98. The molecule has 3 rings (SSSR count). The summed E-state index contributed by atoms with van der Waals surface area (Å²) in [5.74, 6) is 0.762. The summed E-state index contributed by atoms with van der Waals surface area (Å²) < 4.78 is 1.94. The monoisotopic (exact) mass is 381 g/mol. The molecular weight excluding hydrogens is 358 g/mol. The lowest BCUT2D eigenvalue weighted by atomic mass is 10.1. The van der Waals surface area contributed by atoms with Crippen molar-refractivity contribution in [3.8, 4) is 0 Å². The van der Waals surface area contributed by atoms with Gasteiger partial charge in [-0.05, 0) is 23.6 Å². The Hall–Kier alpha value is -2.79. The minimum absolute atomic E-state index is 0.667. The summed E-state index contributed by atoms with van der Waals surface area (Å²) >= 11 is 6.19. The molecule has 6 heteroatoms. The van der Waals surface area contributed by atoms with Crippen molar-refractivity contribution < 1.29 is 0 Å². The summed E-state index contributed by atoms with van der Waals surface area (Å²) in [6.07, 6.45) is 4.78. The van der Waals surface area contributed by atoms with Crippen molar-refractivity contribution in [2.45, 2.75) is 19.5 Å². The van der Waals surface area contributed by atoms with Crippen molar-refractivity contribution in [3.05, 3.63) is 88.7 Å². The molecule has 0 aliphatic carbocycles. The third kappa shape index (κ3) is 5.86. The van der Waals surface area contributed by atoms with Crippen LogP contribution < -0.4 is 10.6 Å². The van der Waals surface area contributed by atoms with Crippen LogP contribution in [0, 0.1) is 0 Å². The summed E-state index contributed by atoms with van der Waals surface area (Å²) in [7, 11) is 1.77. The molecule has 1 aromatic heterocycles. The number of aliphatic imine (C=N–C) groups is 1. The third-order valence-electron chi connectivity index (χ3n) is 4.20. The molecule has 2 aromatic carbocycles. The average molecular weight is 382 g/mol. The van der Waals surface area contributed by atoms with Crippen LogP contribution in [0.1, 0.15) is 16.7 Å². The van der Waals surface area contributed by atoms with Gasteiger partial charge < -0.3 is 10.6 Å². The quantitative estimate of drug-likeness (QED) is 0.486. The molecule has 0 amide bonds. The second-order valence-electron chi connectivity index (χ2n) is 6.23. The molecule has 1 heterocycles. The summed E-state index contributed by atoms with van der Waals surface area (Å²) in [6, 6.07) is 18.2. The number of hydrogen-bond acceptors (Lipinski definition) is 2. The van der Waals surface area contributed by atoms with Crippen LogP contribution >= 0.6 is 11.6 Å². The SMILES string of the molecule is CN=C(NCCc1ccccc1Cl)NCc1cnn(Cc2ccccc2)c1. The molecule has 0 radical (unpaired) electrons. The van der Waals surface area contributed by atoms with Gasteiger partial charge in [-0.25, -0.2) is 0 Å². The number of aromatic nitrogens is 2. The number of benzene rings is 2. The van der Waals surface area contributed by atoms with Crippen LogP contribution in [0.5, 0.6) is 0 Å². The van der Waals surface area contributed by atoms with Crippen LogP contribution in [0.15, 0.2) is 72.0 Å². The molecule has 0 saturated carbocycles. The third-order valence-corrected chi connectivity index (χ3v) is 4.57. The minimum Gasteiger partial charge on any atom is -0.356 e. The highest BCUT2D eigenvalue weighted by atomic mass is 35.5. The van der Waals surface area contributed by atoms with Crippen LogP contribution in [0.2, 0.25) is 5.02 Å². The molecule has 0 fully saturated rings. The first-order chi connectivity index (χ1) is 13.2. The highest BCUT2D eigenvalue weighted by Gasteiger charge is 2.03. The second-order valence-corrected chi connectivity index (χ2v) is 6.63. The van der Waals surface area contributed by atoms with E-state index in [4.69, 9.17) is 11.6 Å². The van der Waals surface area contributed by atoms with Crippen molar-refractivity contribution in [1.82, 2.24) is 20.4 Å². The molecule has 0 atom stereocenters. The van der Waals surface area contributed by atoms with Gasteiger partial charge in [0.1, 0.15) is 0 Å². The Morgan fingerprint density at radius 3 is 2.59 bits per heavy atom. The minimum atomic E-state index is 0.667. The fourth-order valence-electron chi connectivity index (χ4n) is 2.78. The van der Waals surface area contributed by atoms with Crippen LogP contribution in [0.4, 0.5) is 0 Å². The molecule has 0 aliphatic heterocycles. The van der Waals surface area contributed by atoms with Crippen molar-refractivity contribution in [2.24, 2.45) is 4.99 Å². The molecule has 0 saturated heterocycles. The van der Waals surface area contributed by atoms with E-state index in [9.17, 15) is 0 Å². The summed E-state index contributed by atoms with van der Waals surface area (Å²) in [5.41, 5.74) is 3.47. The van der Waals surface area contributed by atoms with E-state index in [0.29, 0.717) is 6.54 Å². The van der Waals surface area contributed by atoms with Gasteiger partial charge in [0.25, 0.3) is 0 Å². The van der Waals surface area contributed by atoms with E-state index in [2.05, 4.69) is 39.1 Å². The highest BCUT2D eigenvalue weighted by molar-refractivity contribution is 6.31. The van der Waals surface area contributed by atoms with E-state index in [-0.39, 0.29) is 0 Å². The first kappa shape index (κ1) is 19.0. The van der Waals surface area contributed by atoms with E-state index < -0.39 is 0 Å². The van der Waals surface area contributed by atoms with Gasteiger partial charge in [-0.15, -0.1) is 0 Å². The number of hydrogen-bond donors (Lipinski definition) is 2. The van der Waals surface area contributed by atoms with Crippen LogP contribution in [0.3, 0.4) is 0 Å². The lowest BCUT2D eigenvalue weighted by Crippen LogP contribution is -2.37. The Bertz CT molecular complexity index is 873. The maximum Gasteiger partial charge on any atom is 0.191 e. The molecule has 0 unspecified atom stereocenters. The van der Waals surface area contributed by atoms with Gasteiger partial charge >= 0.3 is 0 Å². The fraction of sp³-hybridized carbons (Fsp3) is 0.238. The maximum atomic E-state index is 6.19. The second kappa shape index (κ2) is 9.78. The van der Waals surface area contributed by atoms with Gasteiger partial charge in [-0.3, -0.25) is 9.67 Å². The zero-order valence-corrected chi connectivity index (χ0v) is 16.2. The number of nitrogens with one attached hydrogen (secondary N) is 2. The number of nitrogens with zero attached hydrogens (tertiary/aromatic N) is 3. The van der Waals surface area contributed by atoms with Gasteiger partial charge in [-0.1, -0.05) is 60.1 Å². The van der Waals surface area contributed by atoms with E-state index in [0.717, 1.165) is 41.6 Å². The lowest BCUT2D eigenvalue weighted by molar-refractivity contribution is 0.685. The normalized spacial score (nSPS) is 11.4. The summed E-state index contributed by atoms with van der Waals surface area (Å²) in [4.78, 5) is 4.27. The van der Waals surface area contributed by atoms with E-state index in [1.807, 2.05) is 53.3 Å². The van der Waals surface area contributed by atoms with Gasteiger partial charge in [-0.2, -0.15) is 5.10 Å². The maximum absolute atomic E-state index is 6.19. The standard InChI is InChI=1S/C21H24ClN5/c1-23-21(24-12-11-19-9-5-6-10-20(19)22)25-13-18-14-26-27(16-18)15-17-7-3-2-4-8-17/h2-10,14,16H,11-13,15H2,1H3,(H2,23,24,25). The van der Waals surface area contributed by atoms with Crippen LogP contribution in [0.25, 0.3) is 0 Å². The molecule has 0 spiro atoms. The van der Waals surface area contributed by atoms with Crippen molar-refractivity contribution in [3.63, 3.8) is 0 Å². The molecule has 0 bridgehead atoms. The topological polar surface area (TPSA) is 54.2 Å². The van der Waals surface area contributed by atoms with Crippen LogP contribution in [-0.4, -0.2) is 29.3 Å². The highest BCUT2D eigenvalue weighted by Crippen LogP contribution is 2.14. The Labute approximate surface area is 165 Å². The first-order valence-corrected chi connectivity index (χ1v) is 9.35. The van der Waals surface area contributed by atoms with Crippen molar-refractivity contribution in [1.29, 1.82) is 0 Å². The van der Waals surface area contributed by atoms with Gasteiger partial charge in [0.05, 0.1) is 12.7 Å². The Morgan fingerprint density at radius 1 is 1.04 bits per heavy atom. The predicted molar refractivity (Wildman–Crippen MR) is 111 cm³/mol. The molecule has 2 N–H and O–H groups in total. The van der Waals surface area contributed by atoms with Crippen LogP contribution in [-0.2, 0) is 19.5 Å². The summed E-state index contributed by atoms with van der Waals surface area (Å²) in [5, 5.41) is 11.9. The lowest BCUT2D eigenvalue weighted by Gasteiger charge is -2.11. The van der Waals surface area contributed by atoms with E-state index >= 15 is 0 Å². The molecule has 27 heavy (non-hydrogen) atoms. The predicted octanol–water partition coefficient (Wildman–Crippen LogP) is 3.49. The van der Waals surface area contributed by atoms with E-state index in [1.165, 1.54) is 5.56 Å². The Kier molecular flexibility index (Phi) is 6.88. The average Bonchev–Trinajstić information content (AvgIpc) is 3.14. The van der Waals surface area contributed by atoms with Crippen molar-refractivity contribution >= 4 is 17.6 Å². The van der Waals surface area contributed by atoms with Crippen molar-refractivity contribution in [2.75, 3.05) is 13.6 Å². The number of guanidine groups is 1. The zero-order valence-electron chi connectivity index (χ0n) is 15.4. The zero-order chi connectivity index (χ0) is 18.9. The number of halogens is 1. The van der Waals surface area contributed by atoms with Gasteiger partial charge in [0.2, 0.25) is 0 Å². The molecule has 3 aromatic rings. The Morgan fingerprint density at radius 2 is 1.81 bits per heavy atom. The molecular formula is C21H24ClN5. The van der Waals surface area contributed by atoms with Gasteiger partial charge in [0, 0.05) is 36.9 Å². The Balaban J connectivity index is 1.45. The fourth-order valence-corrected chi connectivity index (χ4v) is 3.01. The van der Waals surface area contributed by atoms with E-state index in [1.54, 1.807) is 7.05 Å². The smallest absolute Gasteiger partial charge is 0.191 e. The molecule has 0 aliphatic rings. The van der Waals surface area contributed by atoms with Gasteiger partial charge in [0.15, 0.2) is 5.96 Å². The molecule has 140 valence electrons. The largest absolute Gasteiger partial charge is 0.356 e. The summed E-state index contributed by atoms with van der Waals surface area (Å²) in [6.45, 7) is 2.20. The number of rotatable bonds is 7. The molecule has 5 nitrogen and oxygen atoms in total.